The van der Waals surface area contributed by atoms with Gasteiger partial charge in [-0.2, -0.15) is 0 Å². The van der Waals surface area contributed by atoms with Gasteiger partial charge in [0.25, 0.3) is 0 Å². The molecule has 0 aliphatic carbocycles. The normalized spacial score (nSPS) is 16.9. The van der Waals surface area contributed by atoms with E-state index >= 15 is 0 Å². The number of nitrogens with two attached hydrogens (primary N) is 2. The molecule has 1 fully saturated rings. The van der Waals surface area contributed by atoms with Gasteiger partial charge in [-0.15, -0.1) is 0 Å². The first kappa shape index (κ1) is 18.1. The van der Waals surface area contributed by atoms with Crippen molar-refractivity contribution in [2.75, 3.05) is 12.3 Å². The molecule has 142 valence electrons. The number of primary amides is 1. The summed E-state index contributed by atoms with van der Waals surface area (Å²) in [6.45, 7) is 1.80. The van der Waals surface area contributed by atoms with Crippen LogP contribution < -0.4 is 11.5 Å². The Morgan fingerprint density at radius 1 is 1.21 bits per heavy atom. The van der Waals surface area contributed by atoms with Crippen LogP contribution in [0.25, 0.3) is 11.1 Å². The lowest BCUT2D eigenvalue weighted by Gasteiger charge is -2.26. The highest BCUT2D eigenvalue weighted by atomic mass is 16.1. The maximum absolute atomic E-state index is 11.6. The summed E-state index contributed by atoms with van der Waals surface area (Å²) in [6.07, 6.45) is 7.43. The quantitative estimate of drug-likeness (QED) is 0.710. The molecule has 1 saturated heterocycles. The number of benzene rings is 1. The fourth-order valence-electron chi connectivity index (χ4n) is 3.77. The third-order valence-electron chi connectivity index (χ3n) is 5.11. The van der Waals surface area contributed by atoms with E-state index in [1.165, 1.54) is 5.56 Å². The molecule has 0 spiro atoms. The molecule has 3 aromatic rings. The Morgan fingerprint density at radius 3 is 2.82 bits per heavy atom. The molecular formula is C21H22N6O. The molecule has 0 bridgehead atoms. The zero-order chi connectivity index (χ0) is 19.5. The molecule has 1 amide bonds. The lowest BCUT2D eigenvalue weighted by Crippen LogP contribution is -2.24. The van der Waals surface area contributed by atoms with Gasteiger partial charge in [0.05, 0.1) is 11.7 Å². The van der Waals surface area contributed by atoms with E-state index in [1.807, 2.05) is 36.7 Å². The van der Waals surface area contributed by atoms with Crippen molar-refractivity contribution in [1.82, 2.24) is 19.9 Å². The number of pyridine rings is 1. The number of hydrogen-bond donors (Lipinski definition) is 2. The summed E-state index contributed by atoms with van der Waals surface area (Å²) < 4.78 is 0. The number of anilines is 1. The molecule has 1 atom stereocenters. The van der Waals surface area contributed by atoms with Crippen LogP contribution in [-0.4, -0.2) is 32.3 Å². The minimum Gasteiger partial charge on any atom is -0.368 e. The summed E-state index contributed by atoms with van der Waals surface area (Å²) >= 11 is 0. The zero-order valence-electron chi connectivity index (χ0n) is 15.5. The van der Waals surface area contributed by atoms with E-state index in [2.05, 4.69) is 19.9 Å². The summed E-state index contributed by atoms with van der Waals surface area (Å²) in [5.74, 6) is -0.208. The van der Waals surface area contributed by atoms with Crippen LogP contribution in [0.3, 0.4) is 0 Å². The second-order valence-electron chi connectivity index (χ2n) is 6.96. The highest BCUT2D eigenvalue weighted by molar-refractivity contribution is 5.94. The number of hydrogen-bond acceptors (Lipinski definition) is 6. The molecule has 3 heterocycles. The average molecular weight is 374 g/mol. The van der Waals surface area contributed by atoms with Gasteiger partial charge >= 0.3 is 0 Å². The van der Waals surface area contributed by atoms with Gasteiger partial charge in [-0.05, 0) is 54.8 Å². The van der Waals surface area contributed by atoms with E-state index in [9.17, 15) is 4.79 Å². The Labute approximate surface area is 163 Å². The van der Waals surface area contributed by atoms with E-state index in [0.717, 1.165) is 42.8 Å². The fourth-order valence-corrected chi connectivity index (χ4v) is 3.77. The van der Waals surface area contributed by atoms with E-state index in [4.69, 9.17) is 11.5 Å². The molecule has 4 rings (SSSR count). The maximum atomic E-state index is 11.6. The first-order valence-electron chi connectivity index (χ1n) is 9.27. The van der Waals surface area contributed by atoms with Gasteiger partial charge in [-0.25, -0.2) is 9.97 Å². The minimum atomic E-state index is -0.458. The van der Waals surface area contributed by atoms with Crippen LogP contribution in [0.2, 0.25) is 0 Å². The van der Waals surface area contributed by atoms with Gasteiger partial charge < -0.3 is 11.5 Å². The molecule has 1 unspecified atom stereocenters. The van der Waals surface area contributed by atoms with Gasteiger partial charge in [0.2, 0.25) is 11.9 Å². The Hall–Kier alpha value is -3.32. The number of carbonyl (C=O) groups is 1. The standard InChI is InChI=1S/C21H22N6O/c22-20(28)16-4-1-3-15(11-16)17-12-25-21(23)26-19(17)18-5-2-10-27(18)13-14-6-8-24-9-7-14/h1,3-4,6-9,11-12,18H,2,5,10,13H2,(H2,22,28)(H2,23,25,26). The number of rotatable bonds is 5. The lowest BCUT2D eigenvalue weighted by molar-refractivity contribution is 0.100. The smallest absolute Gasteiger partial charge is 0.248 e. The number of nitrogens with zero attached hydrogens (tertiary/aromatic N) is 4. The maximum Gasteiger partial charge on any atom is 0.248 e. The molecular weight excluding hydrogens is 352 g/mol. The predicted octanol–water partition coefficient (Wildman–Crippen LogP) is 2.56. The fraction of sp³-hybridized carbons (Fsp3) is 0.238. The third kappa shape index (κ3) is 3.70. The van der Waals surface area contributed by atoms with E-state index in [0.29, 0.717) is 5.56 Å². The molecule has 1 aromatic carbocycles. The Morgan fingerprint density at radius 2 is 2.04 bits per heavy atom. The molecule has 4 N–H and O–H groups in total. The van der Waals surface area contributed by atoms with Gasteiger partial charge in [0, 0.05) is 36.3 Å². The number of amides is 1. The lowest BCUT2D eigenvalue weighted by atomic mass is 9.98. The van der Waals surface area contributed by atoms with Crippen molar-refractivity contribution in [3.05, 3.63) is 71.8 Å². The Balaban J connectivity index is 1.72. The van der Waals surface area contributed by atoms with Crippen LogP contribution in [0.1, 0.15) is 40.5 Å². The molecule has 7 nitrogen and oxygen atoms in total. The number of nitrogen functional groups attached to an aromatic ring is 1. The molecule has 1 aliphatic rings. The molecule has 2 aromatic heterocycles. The van der Waals surface area contributed by atoms with E-state index in [1.54, 1.807) is 18.3 Å². The van der Waals surface area contributed by atoms with Crippen LogP contribution in [0, 0.1) is 0 Å². The van der Waals surface area contributed by atoms with E-state index in [-0.39, 0.29) is 12.0 Å². The van der Waals surface area contributed by atoms with Gasteiger partial charge in [-0.1, -0.05) is 12.1 Å². The van der Waals surface area contributed by atoms with Crippen LogP contribution in [-0.2, 0) is 6.54 Å². The SMILES string of the molecule is NC(=O)c1cccc(-c2cnc(N)nc2C2CCCN2Cc2ccncc2)c1. The summed E-state index contributed by atoms with van der Waals surface area (Å²) in [5.41, 5.74) is 15.7. The van der Waals surface area contributed by atoms with Gasteiger partial charge in [0.15, 0.2) is 0 Å². The summed E-state index contributed by atoms with van der Waals surface area (Å²) in [5, 5.41) is 0. The molecule has 0 radical (unpaired) electrons. The number of aromatic nitrogens is 3. The first-order chi connectivity index (χ1) is 13.6. The van der Waals surface area contributed by atoms with Crippen molar-refractivity contribution < 1.29 is 4.79 Å². The summed E-state index contributed by atoms with van der Waals surface area (Å²) in [7, 11) is 0. The third-order valence-corrected chi connectivity index (χ3v) is 5.11. The number of carbonyl (C=O) groups excluding carboxylic acids is 1. The van der Waals surface area contributed by atoms with Crippen molar-refractivity contribution in [2.24, 2.45) is 5.73 Å². The molecule has 7 heteroatoms. The van der Waals surface area contributed by atoms with Crippen molar-refractivity contribution in [3.8, 4) is 11.1 Å². The summed E-state index contributed by atoms with van der Waals surface area (Å²) in [6, 6.07) is 11.4. The average Bonchev–Trinajstić information content (AvgIpc) is 3.16. The highest BCUT2D eigenvalue weighted by Crippen LogP contribution is 2.37. The second-order valence-corrected chi connectivity index (χ2v) is 6.96. The molecule has 0 saturated carbocycles. The largest absolute Gasteiger partial charge is 0.368 e. The predicted molar refractivity (Wildman–Crippen MR) is 107 cm³/mol. The molecule has 28 heavy (non-hydrogen) atoms. The Bertz CT molecular complexity index is 991. The van der Waals surface area contributed by atoms with Crippen LogP contribution in [0.4, 0.5) is 5.95 Å². The number of likely N-dealkylation sites (tertiary alicyclic amines) is 1. The van der Waals surface area contributed by atoms with Gasteiger partial charge in [0.1, 0.15) is 0 Å². The zero-order valence-corrected chi connectivity index (χ0v) is 15.5. The monoisotopic (exact) mass is 374 g/mol. The van der Waals surface area contributed by atoms with Crippen molar-refractivity contribution in [2.45, 2.75) is 25.4 Å². The molecule has 1 aliphatic heterocycles. The Kier molecular flexibility index (Phi) is 4.99. The minimum absolute atomic E-state index is 0.130. The first-order valence-corrected chi connectivity index (χ1v) is 9.27. The van der Waals surface area contributed by atoms with Gasteiger partial charge in [-0.3, -0.25) is 14.7 Å². The van der Waals surface area contributed by atoms with Crippen molar-refractivity contribution in [1.29, 1.82) is 0 Å². The van der Waals surface area contributed by atoms with Crippen LogP contribution in [0.15, 0.2) is 55.0 Å². The van der Waals surface area contributed by atoms with Crippen molar-refractivity contribution >= 4 is 11.9 Å². The van der Waals surface area contributed by atoms with Crippen LogP contribution >= 0.6 is 0 Å². The summed E-state index contributed by atoms with van der Waals surface area (Å²) in [4.78, 5) is 26.9. The topological polar surface area (TPSA) is 111 Å². The second kappa shape index (κ2) is 7.74. The highest BCUT2D eigenvalue weighted by Gasteiger charge is 2.30. The van der Waals surface area contributed by atoms with E-state index < -0.39 is 5.91 Å². The van der Waals surface area contributed by atoms with Crippen LogP contribution in [0.5, 0.6) is 0 Å². The van der Waals surface area contributed by atoms with Crippen molar-refractivity contribution in [3.63, 3.8) is 0 Å².